The first-order chi connectivity index (χ1) is 8.63. The molecular formula is C13H13F2N3. The topological polar surface area (TPSA) is 42.2 Å². The van der Waals surface area contributed by atoms with Crippen LogP contribution in [0.1, 0.15) is 5.56 Å². The summed E-state index contributed by atoms with van der Waals surface area (Å²) in [7, 11) is 1.67. The summed E-state index contributed by atoms with van der Waals surface area (Å²) in [6.07, 6.45) is 1.50. The smallest absolute Gasteiger partial charge is 0.170 e. The molecule has 0 saturated carbocycles. The van der Waals surface area contributed by atoms with Crippen molar-refractivity contribution in [1.29, 1.82) is 0 Å². The fourth-order valence-corrected chi connectivity index (χ4v) is 1.65. The van der Waals surface area contributed by atoms with E-state index in [-0.39, 0.29) is 18.2 Å². The molecule has 0 spiro atoms. The lowest BCUT2D eigenvalue weighted by Gasteiger charge is -2.19. The van der Waals surface area contributed by atoms with E-state index in [0.717, 1.165) is 0 Å². The number of hydrogen-bond acceptors (Lipinski definition) is 3. The SMILES string of the molecule is CN(c1ccc(F)cc1)c1nccc(CN)c1F. The average Bonchev–Trinajstić information content (AvgIpc) is 2.39. The molecule has 2 aromatic rings. The fraction of sp³-hybridized carbons (Fsp3) is 0.154. The monoisotopic (exact) mass is 249 g/mol. The molecule has 0 amide bonds. The van der Waals surface area contributed by atoms with Gasteiger partial charge in [-0.05, 0) is 30.3 Å². The van der Waals surface area contributed by atoms with E-state index >= 15 is 0 Å². The molecule has 0 atom stereocenters. The summed E-state index contributed by atoms with van der Waals surface area (Å²) in [6, 6.07) is 7.29. The number of benzene rings is 1. The summed E-state index contributed by atoms with van der Waals surface area (Å²) >= 11 is 0. The number of nitrogens with zero attached hydrogens (tertiary/aromatic N) is 2. The van der Waals surface area contributed by atoms with E-state index in [1.54, 1.807) is 24.1 Å². The van der Waals surface area contributed by atoms with Gasteiger partial charge in [0.1, 0.15) is 5.82 Å². The molecule has 5 heteroatoms. The highest BCUT2D eigenvalue weighted by molar-refractivity contribution is 5.60. The van der Waals surface area contributed by atoms with Gasteiger partial charge in [-0.2, -0.15) is 0 Å². The Morgan fingerprint density at radius 1 is 1.17 bits per heavy atom. The molecule has 0 aliphatic carbocycles. The average molecular weight is 249 g/mol. The molecule has 0 saturated heterocycles. The van der Waals surface area contributed by atoms with Crippen LogP contribution in [0.2, 0.25) is 0 Å². The van der Waals surface area contributed by atoms with Crippen LogP contribution in [0.3, 0.4) is 0 Å². The molecule has 18 heavy (non-hydrogen) atoms. The normalized spacial score (nSPS) is 10.4. The number of aromatic nitrogens is 1. The van der Waals surface area contributed by atoms with Crippen molar-refractivity contribution in [3.63, 3.8) is 0 Å². The van der Waals surface area contributed by atoms with Crippen molar-refractivity contribution in [2.45, 2.75) is 6.54 Å². The van der Waals surface area contributed by atoms with Crippen molar-refractivity contribution < 1.29 is 8.78 Å². The lowest BCUT2D eigenvalue weighted by molar-refractivity contribution is 0.604. The fourth-order valence-electron chi connectivity index (χ4n) is 1.65. The summed E-state index contributed by atoms with van der Waals surface area (Å²) in [5.74, 6) is -0.618. The van der Waals surface area contributed by atoms with Crippen LogP contribution in [0.5, 0.6) is 0 Å². The first-order valence-corrected chi connectivity index (χ1v) is 5.46. The summed E-state index contributed by atoms with van der Waals surface area (Å²) in [5.41, 5.74) is 6.49. The van der Waals surface area contributed by atoms with Crippen LogP contribution in [0, 0.1) is 11.6 Å². The first-order valence-electron chi connectivity index (χ1n) is 5.46. The Kier molecular flexibility index (Phi) is 3.53. The Labute approximate surface area is 104 Å². The molecule has 0 unspecified atom stereocenters. The number of nitrogens with two attached hydrogens (primary N) is 1. The van der Waals surface area contributed by atoms with Crippen LogP contribution in [0.15, 0.2) is 36.5 Å². The van der Waals surface area contributed by atoms with Gasteiger partial charge in [0.25, 0.3) is 0 Å². The molecule has 0 aliphatic heterocycles. The quantitative estimate of drug-likeness (QED) is 0.909. The maximum absolute atomic E-state index is 14.0. The molecule has 0 fully saturated rings. The van der Waals surface area contributed by atoms with Gasteiger partial charge in [0.2, 0.25) is 0 Å². The number of pyridine rings is 1. The van der Waals surface area contributed by atoms with Crippen molar-refractivity contribution in [3.05, 3.63) is 53.7 Å². The molecular weight excluding hydrogens is 236 g/mol. The van der Waals surface area contributed by atoms with Crippen LogP contribution in [-0.2, 0) is 6.54 Å². The molecule has 2 rings (SSSR count). The first kappa shape index (κ1) is 12.4. The van der Waals surface area contributed by atoms with Crippen LogP contribution < -0.4 is 10.6 Å². The number of halogens is 2. The van der Waals surface area contributed by atoms with E-state index in [1.165, 1.54) is 24.4 Å². The van der Waals surface area contributed by atoms with E-state index < -0.39 is 5.82 Å². The highest BCUT2D eigenvalue weighted by Crippen LogP contribution is 2.25. The van der Waals surface area contributed by atoms with Crippen LogP contribution >= 0.6 is 0 Å². The highest BCUT2D eigenvalue weighted by Gasteiger charge is 2.13. The Bertz CT molecular complexity index is 540. The minimum Gasteiger partial charge on any atom is -0.327 e. The number of rotatable bonds is 3. The second-order valence-corrected chi connectivity index (χ2v) is 3.85. The molecule has 2 N–H and O–H groups in total. The Hall–Kier alpha value is -2.01. The Morgan fingerprint density at radius 3 is 2.44 bits per heavy atom. The van der Waals surface area contributed by atoms with E-state index in [0.29, 0.717) is 11.3 Å². The lowest BCUT2D eigenvalue weighted by Crippen LogP contribution is -2.15. The van der Waals surface area contributed by atoms with Gasteiger partial charge in [-0.15, -0.1) is 0 Å². The third-order valence-corrected chi connectivity index (χ3v) is 2.70. The number of hydrogen-bond donors (Lipinski definition) is 1. The van der Waals surface area contributed by atoms with Gasteiger partial charge < -0.3 is 10.6 Å². The molecule has 0 radical (unpaired) electrons. The highest BCUT2D eigenvalue weighted by atomic mass is 19.1. The second-order valence-electron chi connectivity index (χ2n) is 3.85. The van der Waals surface area contributed by atoms with E-state index in [4.69, 9.17) is 5.73 Å². The van der Waals surface area contributed by atoms with Gasteiger partial charge in [-0.25, -0.2) is 13.8 Å². The predicted octanol–water partition coefficient (Wildman–Crippen LogP) is 2.59. The lowest BCUT2D eigenvalue weighted by atomic mass is 10.2. The van der Waals surface area contributed by atoms with Gasteiger partial charge in [0.15, 0.2) is 11.6 Å². The minimum atomic E-state index is -0.452. The van der Waals surface area contributed by atoms with Crippen molar-refractivity contribution in [2.75, 3.05) is 11.9 Å². The Morgan fingerprint density at radius 2 is 1.83 bits per heavy atom. The third-order valence-electron chi connectivity index (χ3n) is 2.70. The molecule has 94 valence electrons. The molecule has 1 aromatic heterocycles. The summed E-state index contributed by atoms with van der Waals surface area (Å²) in [6.45, 7) is 0.110. The van der Waals surface area contributed by atoms with E-state index in [2.05, 4.69) is 4.98 Å². The largest absolute Gasteiger partial charge is 0.327 e. The third kappa shape index (κ3) is 2.31. The minimum absolute atomic E-state index is 0.110. The van der Waals surface area contributed by atoms with Gasteiger partial charge in [0, 0.05) is 31.0 Å². The van der Waals surface area contributed by atoms with Crippen LogP contribution in [0.25, 0.3) is 0 Å². The van der Waals surface area contributed by atoms with Gasteiger partial charge >= 0.3 is 0 Å². The number of anilines is 2. The summed E-state index contributed by atoms with van der Waals surface area (Å²) in [5, 5.41) is 0. The van der Waals surface area contributed by atoms with Gasteiger partial charge in [-0.3, -0.25) is 0 Å². The molecule has 1 heterocycles. The summed E-state index contributed by atoms with van der Waals surface area (Å²) < 4.78 is 26.9. The van der Waals surface area contributed by atoms with Crippen molar-refractivity contribution in [2.24, 2.45) is 5.73 Å². The predicted molar refractivity (Wildman–Crippen MR) is 66.5 cm³/mol. The maximum Gasteiger partial charge on any atom is 0.170 e. The van der Waals surface area contributed by atoms with Gasteiger partial charge in [-0.1, -0.05) is 0 Å². The second kappa shape index (κ2) is 5.10. The van der Waals surface area contributed by atoms with Crippen molar-refractivity contribution in [1.82, 2.24) is 4.98 Å². The van der Waals surface area contributed by atoms with Crippen molar-refractivity contribution in [3.8, 4) is 0 Å². The molecule has 0 aliphatic rings. The van der Waals surface area contributed by atoms with Crippen molar-refractivity contribution >= 4 is 11.5 Å². The zero-order valence-corrected chi connectivity index (χ0v) is 9.90. The van der Waals surface area contributed by atoms with E-state index in [1.807, 2.05) is 0 Å². The molecule has 3 nitrogen and oxygen atoms in total. The van der Waals surface area contributed by atoms with E-state index in [9.17, 15) is 8.78 Å². The van der Waals surface area contributed by atoms with Gasteiger partial charge in [0.05, 0.1) is 0 Å². The summed E-state index contributed by atoms with van der Waals surface area (Å²) in [4.78, 5) is 5.54. The molecule has 0 bridgehead atoms. The zero-order chi connectivity index (χ0) is 13.1. The zero-order valence-electron chi connectivity index (χ0n) is 9.90. The van der Waals surface area contributed by atoms with Crippen LogP contribution in [-0.4, -0.2) is 12.0 Å². The standard InChI is InChI=1S/C13H13F2N3/c1-18(11-4-2-10(14)3-5-11)13-12(15)9(8-16)6-7-17-13/h2-7H,8,16H2,1H3. The maximum atomic E-state index is 14.0. The van der Waals surface area contributed by atoms with Crippen LogP contribution in [0.4, 0.5) is 20.3 Å². The molecule has 1 aromatic carbocycles. The Balaban J connectivity index is 2.39.